The van der Waals surface area contributed by atoms with Gasteiger partial charge in [-0.2, -0.15) is 0 Å². The maximum absolute atomic E-state index is 13.9. The second-order valence-corrected chi connectivity index (χ2v) is 7.95. The van der Waals surface area contributed by atoms with Gasteiger partial charge in [-0.15, -0.1) is 0 Å². The standard InChI is InChI=1S/C25H23FN6O2/c1-3-21(33)31-14-11-17(15-31)22-20-10-13-29-25(27-2)32(20)23(30-22)16-6-8-18(9-7-16)34-24-19(26)5-4-12-28-24/h3-10,12-13,17H,1,11,14-15H2,2H3,(H,27,29). The van der Waals surface area contributed by atoms with Crippen molar-refractivity contribution in [2.24, 2.45) is 0 Å². The molecule has 0 spiro atoms. The third-order valence-corrected chi connectivity index (χ3v) is 5.92. The molecule has 1 aliphatic heterocycles. The molecule has 9 heteroatoms. The fourth-order valence-electron chi connectivity index (χ4n) is 4.27. The molecule has 3 aromatic heterocycles. The van der Waals surface area contributed by atoms with Crippen molar-refractivity contribution in [3.05, 3.63) is 79.0 Å². The van der Waals surface area contributed by atoms with Crippen molar-refractivity contribution in [2.75, 3.05) is 25.5 Å². The first-order valence-electron chi connectivity index (χ1n) is 10.9. The number of benzene rings is 1. The molecule has 1 aromatic carbocycles. The number of ether oxygens (including phenoxy) is 1. The van der Waals surface area contributed by atoms with Crippen LogP contribution >= 0.6 is 0 Å². The van der Waals surface area contributed by atoms with Gasteiger partial charge in [0, 0.05) is 44.0 Å². The summed E-state index contributed by atoms with van der Waals surface area (Å²) in [5.74, 6) is 1.26. The highest BCUT2D eigenvalue weighted by atomic mass is 19.1. The maximum Gasteiger partial charge on any atom is 0.255 e. The van der Waals surface area contributed by atoms with Gasteiger partial charge in [0.1, 0.15) is 11.6 Å². The number of likely N-dealkylation sites (tertiary alicyclic amines) is 1. The Morgan fingerprint density at radius 2 is 2.03 bits per heavy atom. The van der Waals surface area contributed by atoms with Crippen molar-refractivity contribution >= 4 is 17.4 Å². The van der Waals surface area contributed by atoms with Gasteiger partial charge in [-0.25, -0.2) is 19.3 Å². The first kappa shape index (κ1) is 21.6. The summed E-state index contributed by atoms with van der Waals surface area (Å²) >= 11 is 0. The summed E-state index contributed by atoms with van der Waals surface area (Å²) in [4.78, 5) is 27.3. The van der Waals surface area contributed by atoms with Gasteiger partial charge in [0.2, 0.25) is 11.9 Å². The molecule has 34 heavy (non-hydrogen) atoms. The molecule has 1 saturated heterocycles. The van der Waals surface area contributed by atoms with Gasteiger partial charge < -0.3 is 15.0 Å². The summed E-state index contributed by atoms with van der Waals surface area (Å²) in [5, 5.41) is 3.13. The van der Waals surface area contributed by atoms with E-state index in [-0.39, 0.29) is 17.7 Å². The summed E-state index contributed by atoms with van der Waals surface area (Å²) in [5.41, 5.74) is 2.70. The molecular weight excluding hydrogens is 435 g/mol. The first-order valence-corrected chi connectivity index (χ1v) is 10.9. The maximum atomic E-state index is 13.9. The molecule has 1 unspecified atom stereocenters. The Bertz CT molecular complexity index is 1370. The van der Waals surface area contributed by atoms with Crippen LogP contribution in [0.2, 0.25) is 0 Å². The highest BCUT2D eigenvalue weighted by Crippen LogP contribution is 2.35. The summed E-state index contributed by atoms with van der Waals surface area (Å²) in [6.07, 6.45) is 5.40. The number of anilines is 1. The van der Waals surface area contributed by atoms with E-state index in [1.54, 1.807) is 23.2 Å². The predicted molar refractivity (Wildman–Crippen MR) is 126 cm³/mol. The minimum atomic E-state index is -0.527. The van der Waals surface area contributed by atoms with Gasteiger partial charge in [0.15, 0.2) is 5.82 Å². The molecule has 1 aliphatic rings. The lowest BCUT2D eigenvalue weighted by Gasteiger charge is -2.13. The number of amides is 1. The summed E-state index contributed by atoms with van der Waals surface area (Å²) in [6.45, 7) is 4.86. The molecule has 1 N–H and O–H groups in total. The monoisotopic (exact) mass is 458 g/mol. The Morgan fingerprint density at radius 3 is 2.76 bits per heavy atom. The summed E-state index contributed by atoms with van der Waals surface area (Å²) in [7, 11) is 1.81. The topological polar surface area (TPSA) is 84.7 Å². The average molecular weight is 458 g/mol. The van der Waals surface area contributed by atoms with Gasteiger partial charge in [-0.05, 0) is 55.0 Å². The van der Waals surface area contributed by atoms with Gasteiger partial charge in [-0.3, -0.25) is 9.20 Å². The predicted octanol–water partition coefficient (Wildman–Crippen LogP) is 4.27. The lowest BCUT2D eigenvalue weighted by molar-refractivity contribution is -0.125. The van der Waals surface area contributed by atoms with Crippen LogP contribution < -0.4 is 10.1 Å². The summed E-state index contributed by atoms with van der Waals surface area (Å²) < 4.78 is 21.4. The number of halogens is 1. The summed E-state index contributed by atoms with van der Waals surface area (Å²) in [6, 6.07) is 12.0. The number of rotatable bonds is 6. The number of aromatic nitrogens is 4. The highest BCUT2D eigenvalue weighted by Gasteiger charge is 2.30. The number of hydrogen-bond acceptors (Lipinski definition) is 6. The van der Waals surface area contributed by atoms with E-state index in [4.69, 9.17) is 9.72 Å². The van der Waals surface area contributed by atoms with E-state index in [0.29, 0.717) is 30.6 Å². The van der Waals surface area contributed by atoms with Gasteiger partial charge in [0.05, 0.1) is 11.2 Å². The molecule has 1 fully saturated rings. The molecule has 4 aromatic rings. The van der Waals surface area contributed by atoms with Crippen LogP contribution in [-0.2, 0) is 4.79 Å². The van der Waals surface area contributed by atoms with Crippen LogP contribution in [-0.4, -0.2) is 50.3 Å². The molecule has 0 aliphatic carbocycles. The second-order valence-electron chi connectivity index (χ2n) is 7.95. The molecule has 0 radical (unpaired) electrons. The zero-order chi connectivity index (χ0) is 23.7. The SMILES string of the molecule is C=CC(=O)N1CCC(c2nc(-c3ccc(Oc4ncccc4F)cc3)n3c(NC)nccc23)C1. The van der Waals surface area contributed by atoms with E-state index in [1.807, 2.05) is 29.6 Å². The quantitative estimate of drug-likeness (QED) is 0.435. The Balaban J connectivity index is 1.51. The molecule has 5 rings (SSSR count). The number of nitrogens with zero attached hydrogens (tertiary/aromatic N) is 5. The number of imidazole rings is 1. The smallest absolute Gasteiger partial charge is 0.255 e. The van der Waals surface area contributed by atoms with Crippen LogP contribution in [0, 0.1) is 5.82 Å². The number of nitrogens with one attached hydrogen (secondary N) is 1. The molecular formula is C25H23FN6O2. The van der Waals surface area contributed by atoms with E-state index in [1.165, 1.54) is 24.4 Å². The Kier molecular flexibility index (Phi) is 5.67. The molecule has 0 bridgehead atoms. The number of fused-ring (bicyclic) bond motifs is 1. The lowest BCUT2D eigenvalue weighted by Crippen LogP contribution is -2.26. The van der Waals surface area contributed by atoms with Gasteiger partial charge in [0.25, 0.3) is 5.88 Å². The van der Waals surface area contributed by atoms with Crippen molar-refractivity contribution in [1.82, 2.24) is 24.3 Å². The van der Waals surface area contributed by atoms with Crippen molar-refractivity contribution in [1.29, 1.82) is 0 Å². The molecule has 8 nitrogen and oxygen atoms in total. The van der Waals surface area contributed by atoms with Crippen LogP contribution in [0.1, 0.15) is 18.0 Å². The molecule has 0 saturated carbocycles. The molecule has 172 valence electrons. The van der Waals surface area contributed by atoms with Crippen molar-refractivity contribution in [3.63, 3.8) is 0 Å². The van der Waals surface area contributed by atoms with Crippen LogP contribution in [0.5, 0.6) is 11.6 Å². The van der Waals surface area contributed by atoms with E-state index in [0.717, 1.165) is 23.2 Å². The largest absolute Gasteiger partial charge is 0.436 e. The van der Waals surface area contributed by atoms with E-state index in [9.17, 15) is 9.18 Å². The number of carbonyl (C=O) groups excluding carboxylic acids is 1. The Morgan fingerprint density at radius 1 is 1.21 bits per heavy atom. The third kappa shape index (κ3) is 3.85. The van der Waals surface area contributed by atoms with Crippen molar-refractivity contribution < 1.29 is 13.9 Å². The van der Waals surface area contributed by atoms with Crippen molar-refractivity contribution in [3.8, 4) is 23.0 Å². The van der Waals surface area contributed by atoms with Gasteiger partial charge >= 0.3 is 0 Å². The van der Waals surface area contributed by atoms with E-state index < -0.39 is 5.82 Å². The minimum absolute atomic E-state index is 0.0660. The minimum Gasteiger partial charge on any atom is -0.436 e. The van der Waals surface area contributed by atoms with Crippen LogP contribution in [0.3, 0.4) is 0 Å². The number of carbonyl (C=O) groups is 1. The third-order valence-electron chi connectivity index (χ3n) is 5.92. The zero-order valence-electron chi connectivity index (χ0n) is 18.6. The Hall–Kier alpha value is -4.27. The van der Waals surface area contributed by atoms with E-state index >= 15 is 0 Å². The zero-order valence-corrected chi connectivity index (χ0v) is 18.6. The first-order chi connectivity index (χ1) is 16.6. The second kappa shape index (κ2) is 8.93. The molecule has 4 heterocycles. The Labute approximate surface area is 195 Å². The fraction of sp³-hybridized carbons (Fsp3) is 0.200. The molecule has 1 amide bonds. The number of hydrogen-bond donors (Lipinski definition) is 1. The lowest BCUT2D eigenvalue weighted by atomic mass is 10.0. The number of pyridine rings is 1. The highest BCUT2D eigenvalue weighted by molar-refractivity contribution is 5.87. The van der Waals surface area contributed by atoms with Crippen LogP contribution in [0.4, 0.5) is 10.3 Å². The van der Waals surface area contributed by atoms with Gasteiger partial charge in [-0.1, -0.05) is 6.58 Å². The van der Waals surface area contributed by atoms with E-state index in [2.05, 4.69) is 21.9 Å². The fourth-order valence-corrected chi connectivity index (χ4v) is 4.27. The molecule has 1 atom stereocenters. The normalized spacial score (nSPS) is 15.5. The van der Waals surface area contributed by atoms with Crippen molar-refractivity contribution in [2.45, 2.75) is 12.3 Å². The van der Waals surface area contributed by atoms with Crippen LogP contribution in [0.15, 0.2) is 67.5 Å². The van der Waals surface area contributed by atoms with Crippen LogP contribution in [0.25, 0.3) is 16.9 Å². The average Bonchev–Trinajstić information content (AvgIpc) is 3.51.